The molecular formula is C41H44. The van der Waals surface area contributed by atoms with Crippen LogP contribution < -0.4 is 0 Å². The van der Waals surface area contributed by atoms with E-state index in [2.05, 4.69) is 116 Å². The van der Waals surface area contributed by atoms with Gasteiger partial charge < -0.3 is 0 Å². The predicted molar refractivity (Wildman–Crippen MR) is 175 cm³/mol. The lowest BCUT2D eigenvalue weighted by molar-refractivity contribution is 0.252. The van der Waals surface area contributed by atoms with Crippen molar-refractivity contribution in [1.82, 2.24) is 0 Å². The van der Waals surface area contributed by atoms with Crippen LogP contribution in [0.3, 0.4) is 0 Å². The molecule has 1 aliphatic carbocycles. The first-order valence-electron chi connectivity index (χ1n) is 15.5. The summed E-state index contributed by atoms with van der Waals surface area (Å²) in [4.78, 5) is 0. The van der Waals surface area contributed by atoms with Gasteiger partial charge in [0, 0.05) is 11.5 Å². The van der Waals surface area contributed by atoms with E-state index in [0.717, 1.165) is 43.6 Å². The summed E-state index contributed by atoms with van der Waals surface area (Å²) in [5.41, 5.74) is 10.8. The minimum atomic E-state index is 0.424. The summed E-state index contributed by atoms with van der Waals surface area (Å²) in [5, 5.41) is 0. The van der Waals surface area contributed by atoms with Crippen LogP contribution in [0.1, 0.15) is 83.9 Å². The molecule has 1 fully saturated rings. The van der Waals surface area contributed by atoms with Crippen LogP contribution in [0.4, 0.5) is 0 Å². The lowest BCUT2D eigenvalue weighted by Gasteiger charge is -2.35. The fourth-order valence-electron chi connectivity index (χ4n) is 6.71. The van der Waals surface area contributed by atoms with E-state index in [1.807, 2.05) is 0 Å². The standard InChI is InChI=1S/C41H44/c1-4-32-13-17-35(18-14-32)29-37-21-25-39(26-22-37)41(31(3)11-12-34-9-7-6-8-10-34)40-27-23-38(24-28-40)30-36-19-15-33(5-2)16-20-36/h1,6-10,13-20,23-24,27-28,37,39,41H,3,5,11-12,21-22,25-26,29-30H2,2H3. The summed E-state index contributed by atoms with van der Waals surface area (Å²) in [7, 11) is 0. The van der Waals surface area contributed by atoms with Crippen molar-refractivity contribution >= 4 is 0 Å². The molecule has 0 aliphatic heterocycles. The van der Waals surface area contributed by atoms with Crippen LogP contribution >= 0.6 is 0 Å². The minimum Gasteiger partial charge on any atom is -0.115 e. The van der Waals surface area contributed by atoms with E-state index >= 15 is 0 Å². The van der Waals surface area contributed by atoms with Crippen molar-refractivity contribution < 1.29 is 0 Å². The van der Waals surface area contributed by atoms with Crippen LogP contribution in [0, 0.1) is 24.2 Å². The summed E-state index contributed by atoms with van der Waals surface area (Å²) in [6.07, 6.45) is 16.0. The monoisotopic (exact) mass is 536 g/mol. The summed E-state index contributed by atoms with van der Waals surface area (Å²) in [5.74, 6) is 4.57. The molecule has 0 heterocycles. The van der Waals surface area contributed by atoms with E-state index in [-0.39, 0.29) is 0 Å². The molecule has 0 spiro atoms. The maximum atomic E-state index is 5.55. The molecule has 41 heavy (non-hydrogen) atoms. The van der Waals surface area contributed by atoms with Crippen molar-refractivity contribution in [2.75, 3.05) is 0 Å². The number of hydrogen-bond acceptors (Lipinski definition) is 0. The summed E-state index contributed by atoms with van der Waals surface area (Å²) in [6.45, 7) is 6.93. The molecule has 1 saturated carbocycles. The first-order chi connectivity index (χ1) is 20.1. The van der Waals surface area contributed by atoms with Gasteiger partial charge in [-0.15, -0.1) is 6.42 Å². The molecule has 0 amide bonds. The molecule has 0 saturated heterocycles. The average molecular weight is 537 g/mol. The summed E-state index contributed by atoms with van der Waals surface area (Å²) in [6, 6.07) is 38.1. The first kappa shape index (κ1) is 28.7. The quantitative estimate of drug-likeness (QED) is 0.132. The van der Waals surface area contributed by atoms with E-state index in [9.17, 15) is 0 Å². The molecule has 0 N–H and O–H groups in total. The topological polar surface area (TPSA) is 0 Å². The molecule has 0 radical (unpaired) electrons. The van der Waals surface area contributed by atoms with Gasteiger partial charge in [0.25, 0.3) is 0 Å². The Hall–Kier alpha value is -3.82. The van der Waals surface area contributed by atoms with Gasteiger partial charge in [0.2, 0.25) is 0 Å². The second-order valence-electron chi connectivity index (χ2n) is 12.0. The van der Waals surface area contributed by atoms with Gasteiger partial charge in [0.1, 0.15) is 0 Å². The van der Waals surface area contributed by atoms with Gasteiger partial charge in [-0.25, -0.2) is 0 Å². The molecule has 5 rings (SSSR count). The average Bonchev–Trinajstić information content (AvgIpc) is 3.03. The van der Waals surface area contributed by atoms with Crippen LogP contribution in [0.5, 0.6) is 0 Å². The van der Waals surface area contributed by atoms with Gasteiger partial charge in [0.15, 0.2) is 0 Å². The largest absolute Gasteiger partial charge is 0.115 e. The van der Waals surface area contributed by atoms with Gasteiger partial charge in [0.05, 0.1) is 0 Å². The van der Waals surface area contributed by atoms with E-state index < -0.39 is 0 Å². The molecule has 0 nitrogen and oxygen atoms in total. The van der Waals surface area contributed by atoms with Crippen molar-refractivity contribution in [2.45, 2.75) is 70.6 Å². The molecular weight excluding hydrogens is 492 g/mol. The Morgan fingerprint density at radius 3 is 1.93 bits per heavy atom. The van der Waals surface area contributed by atoms with Crippen LogP contribution in [-0.4, -0.2) is 0 Å². The summed E-state index contributed by atoms with van der Waals surface area (Å²) >= 11 is 0. The molecule has 1 unspecified atom stereocenters. The number of benzene rings is 4. The molecule has 208 valence electrons. The van der Waals surface area contributed by atoms with Crippen LogP contribution in [-0.2, 0) is 25.7 Å². The second-order valence-corrected chi connectivity index (χ2v) is 12.0. The minimum absolute atomic E-state index is 0.424. The Balaban J connectivity index is 1.27. The molecule has 1 atom stereocenters. The third-order valence-electron chi connectivity index (χ3n) is 9.20. The SMILES string of the molecule is C#Cc1ccc(CC2CCC(C(C(=C)CCc3ccccc3)c3ccc(Cc4ccc(CC)cc4)cc3)CC2)cc1. The highest BCUT2D eigenvalue weighted by atomic mass is 14.3. The first-order valence-corrected chi connectivity index (χ1v) is 15.5. The molecule has 0 bridgehead atoms. The second kappa shape index (κ2) is 14.2. The molecule has 4 aromatic rings. The highest BCUT2D eigenvalue weighted by molar-refractivity contribution is 5.36. The van der Waals surface area contributed by atoms with Crippen molar-refractivity contribution in [3.05, 3.63) is 154 Å². The zero-order valence-electron chi connectivity index (χ0n) is 24.7. The Kier molecular flexibility index (Phi) is 9.93. The van der Waals surface area contributed by atoms with Crippen LogP contribution in [0.25, 0.3) is 0 Å². The Morgan fingerprint density at radius 1 is 0.732 bits per heavy atom. The highest BCUT2D eigenvalue weighted by Gasteiger charge is 2.30. The van der Waals surface area contributed by atoms with E-state index in [1.54, 1.807) is 0 Å². The Morgan fingerprint density at radius 2 is 1.32 bits per heavy atom. The Labute approximate surface area is 248 Å². The van der Waals surface area contributed by atoms with Crippen molar-refractivity contribution in [2.24, 2.45) is 11.8 Å². The zero-order chi connectivity index (χ0) is 28.4. The number of rotatable bonds is 11. The number of terminal acetylenes is 1. The lowest BCUT2D eigenvalue weighted by Crippen LogP contribution is -2.23. The Bertz CT molecular complexity index is 1410. The van der Waals surface area contributed by atoms with Crippen molar-refractivity contribution in [3.8, 4) is 12.3 Å². The highest BCUT2D eigenvalue weighted by Crippen LogP contribution is 2.43. The maximum Gasteiger partial charge on any atom is 0.0242 e. The van der Waals surface area contributed by atoms with Gasteiger partial charge in [-0.1, -0.05) is 116 Å². The van der Waals surface area contributed by atoms with Crippen molar-refractivity contribution in [1.29, 1.82) is 0 Å². The van der Waals surface area contributed by atoms with Crippen LogP contribution in [0.15, 0.2) is 115 Å². The molecule has 1 aliphatic rings. The molecule has 0 heteroatoms. The predicted octanol–water partition coefficient (Wildman–Crippen LogP) is 10.1. The third-order valence-corrected chi connectivity index (χ3v) is 9.20. The molecule has 0 aromatic heterocycles. The van der Waals surface area contributed by atoms with Gasteiger partial charge in [-0.05, 0) is 115 Å². The fourth-order valence-corrected chi connectivity index (χ4v) is 6.71. The van der Waals surface area contributed by atoms with Gasteiger partial charge in [-0.2, -0.15) is 0 Å². The fraction of sp³-hybridized carbons (Fsp3) is 0.317. The van der Waals surface area contributed by atoms with Gasteiger partial charge >= 0.3 is 0 Å². The number of allylic oxidation sites excluding steroid dienone is 1. The molecule has 4 aromatic carbocycles. The number of hydrogen-bond donors (Lipinski definition) is 0. The van der Waals surface area contributed by atoms with E-state index in [1.165, 1.54) is 64.6 Å². The van der Waals surface area contributed by atoms with Crippen LogP contribution in [0.2, 0.25) is 0 Å². The van der Waals surface area contributed by atoms with Gasteiger partial charge in [-0.3, -0.25) is 0 Å². The third kappa shape index (κ3) is 7.89. The summed E-state index contributed by atoms with van der Waals surface area (Å²) < 4.78 is 0. The van der Waals surface area contributed by atoms with E-state index in [0.29, 0.717) is 11.8 Å². The van der Waals surface area contributed by atoms with Crippen molar-refractivity contribution in [3.63, 3.8) is 0 Å². The smallest absolute Gasteiger partial charge is 0.0242 e. The normalized spacial score (nSPS) is 17.5. The zero-order valence-corrected chi connectivity index (χ0v) is 24.7. The number of aryl methyl sites for hydroxylation is 2. The van der Waals surface area contributed by atoms with E-state index in [4.69, 9.17) is 13.0 Å². The maximum absolute atomic E-state index is 5.55. The lowest BCUT2D eigenvalue weighted by atomic mass is 9.69.